The summed E-state index contributed by atoms with van der Waals surface area (Å²) in [5, 5.41) is 0. The highest BCUT2D eigenvalue weighted by Crippen LogP contribution is 2.13. The van der Waals surface area contributed by atoms with Gasteiger partial charge >= 0.3 is 0 Å². The molecule has 0 heterocycles. The molecule has 0 bridgehead atoms. The van der Waals surface area contributed by atoms with Crippen LogP contribution in [0.5, 0.6) is 0 Å². The van der Waals surface area contributed by atoms with Gasteiger partial charge in [0.05, 0.1) is 5.75 Å². The molecule has 1 rings (SSSR count). The normalized spacial score (nSPS) is 12.5. The van der Waals surface area contributed by atoms with Gasteiger partial charge < -0.3 is 5.43 Å². The van der Waals surface area contributed by atoms with Gasteiger partial charge in [-0.3, -0.25) is 5.84 Å². The summed E-state index contributed by atoms with van der Waals surface area (Å²) in [6.07, 6.45) is 0. The topological polar surface area (TPSA) is 84.2 Å². The summed E-state index contributed by atoms with van der Waals surface area (Å²) >= 11 is 0. The maximum atomic E-state index is 11.9. The maximum Gasteiger partial charge on any atom is 0.216 e. The van der Waals surface area contributed by atoms with Crippen molar-refractivity contribution in [3.8, 4) is 0 Å². The number of sulfonamides is 1. The Hall–Kier alpha value is -1.11. The first-order valence-electron chi connectivity index (χ1n) is 5.29. The van der Waals surface area contributed by atoms with Crippen LogP contribution in [0.3, 0.4) is 0 Å². The third kappa shape index (κ3) is 5.16. The molecule has 0 saturated heterocycles. The second kappa shape index (κ2) is 5.03. The molecule has 0 saturated carbocycles. The van der Waals surface area contributed by atoms with Crippen LogP contribution in [0.15, 0.2) is 24.3 Å². The van der Waals surface area contributed by atoms with E-state index in [1.54, 1.807) is 24.3 Å². The first-order chi connectivity index (χ1) is 7.72. The number of benzene rings is 1. The zero-order valence-corrected chi connectivity index (χ0v) is 11.1. The third-order valence-electron chi connectivity index (χ3n) is 1.91. The number of anilines is 1. The summed E-state index contributed by atoms with van der Waals surface area (Å²) in [4.78, 5) is 0. The SMILES string of the molecule is CC(C)(C)NS(=O)(=O)Cc1cccc(NN)c1. The van der Waals surface area contributed by atoms with Crippen LogP contribution in [0.25, 0.3) is 0 Å². The summed E-state index contributed by atoms with van der Waals surface area (Å²) in [5.74, 6) is 5.21. The average Bonchev–Trinajstić information content (AvgIpc) is 2.13. The lowest BCUT2D eigenvalue weighted by Crippen LogP contribution is -2.41. The largest absolute Gasteiger partial charge is 0.324 e. The molecule has 0 spiro atoms. The van der Waals surface area contributed by atoms with Crippen LogP contribution in [0.1, 0.15) is 26.3 Å². The number of nitrogens with one attached hydrogen (secondary N) is 2. The summed E-state index contributed by atoms with van der Waals surface area (Å²) in [6.45, 7) is 5.42. The van der Waals surface area contributed by atoms with E-state index in [1.807, 2.05) is 20.8 Å². The Bertz CT molecular complexity index is 478. The summed E-state index contributed by atoms with van der Waals surface area (Å²) in [6, 6.07) is 7.00. The van der Waals surface area contributed by atoms with Gasteiger partial charge in [0.25, 0.3) is 0 Å². The van der Waals surface area contributed by atoms with E-state index in [9.17, 15) is 8.42 Å². The predicted octanol–water partition coefficient (Wildman–Crippen LogP) is 1.19. The van der Waals surface area contributed by atoms with E-state index in [1.165, 1.54) is 0 Å². The fourth-order valence-corrected chi connectivity index (χ4v) is 3.10. The standard InChI is InChI=1S/C11H19N3O2S/c1-11(2,3)14-17(15,16)8-9-5-4-6-10(7-9)13-12/h4-7,13-14H,8,12H2,1-3H3. The third-order valence-corrected chi connectivity index (χ3v) is 3.55. The Morgan fingerprint density at radius 3 is 2.47 bits per heavy atom. The highest BCUT2D eigenvalue weighted by molar-refractivity contribution is 7.88. The van der Waals surface area contributed by atoms with E-state index in [0.717, 1.165) is 0 Å². The van der Waals surface area contributed by atoms with Crippen LogP contribution >= 0.6 is 0 Å². The fourth-order valence-electron chi connectivity index (χ4n) is 1.47. The van der Waals surface area contributed by atoms with E-state index in [-0.39, 0.29) is 5.75 Å². The Kier molecular flexibility index (Phi) is 4.13. The molecular formula is C11H19N3O2S. The van der Waals surface area contributed by atoms with Gasteiger partial charge in [-0.2, -0.15) is 0 Å². The van der Waals surface area contributed by atoms with Gasteiger partial charge in [-0.25, -0.2) is 13.1 Å². The molecule has 0 radical (unpaired) electrons. The molecule has 1 aromatic rings. The van der Waals surface area contributed by atoms with Gasteiger partial charge in [-0.05, 0) is 38.5 Å². The second-order valence-electron chi connectivity index (χ2n) is 4.96. The van der Waals surface area contributed by atoms with E-state index in [4.69, 9.17) is 5.84 Å². The summed E-state index contributed by atoms with van der Waals surface area (Å²) in [7, 11) is -3.34. The molecule has 96 valence electrons. The van der Waals surface area contributed by atoms with E-state index >= 15 is 0 Å². The summed E-state index contributed by atoms with van der Waals surface area (Å²) < 4.78 is 26.3. The van der Waals surface area contributed by atoms with Gasteiger partial charge in [0, 0.05) is 11.2 Å². The number of nitrogens with two attached hydrogens (primary N) is 1. The lowest BCUT2D eigenvalue weighted by molar-refractivity contribution is 0.491. The fraction of sp³-hybridized carbons (Fsp3) is 0.455. The zero-order valence-electron chi connectivity index (χ0n) is 10.3. The highest BCUT2D eigenvalue weighted by Gasteiger charge is 2.20. The zero-order chi connectivity index (χ0) is 13.1. The number of hydrogen-bond acceptors (Lipinski definition) is 4. The van der Waals surface area contributed by atoms with Crippen molar-refractivity contribution in [2.45, 2.75) is 32.1 Å². The number of hydrogen-bond donors (Lipinski definition) is 3. The van der Waals surface area contributed by atoms with E-state index < -0.39 is 15.6 Å². The van der Waals surface area contributed by atoms with Crippen molar-refractivity contribution >= 4 is 15.7 Å². The first-order valence-corrected chi connectivity index (χ1v) is 6.94. The molecule has 0 fully saturated rings. The molecule has 4 N–H and O–H groups in total. The van der Waals surface area contributed by atoms with Gasteiger partial charge in [-0.15, -0.1) is 0 Å². The molecule has 1 aromatic carbocycles. The van der Waals surface area contributed by atoms with Gasteiger partial charge in [0.15, 0.2) is 0 Å². The predicted molar refractivity (Wildman–Crippen MR) is 69.8 cm³/mol. The van der Waals surface area contributed by atoms with Crippen LogP contribution < -0.4 is 16.0 Å². The highest BCUT2D eigenvalue weighted by atomic mass is 32.2. The minimum Gasteiger partial charge on any atom is -0.324 e. The molecule has 0 aliphatic rings. The van der Waals surface area contributed by atoms with Crippen LogP contribution in [-0.2, 0) is 15.8 Å². The van der Waals surface area contributed by atoms with Crippen molar-refractivity contribution < 1.29 is 8.42 Å². The number of rotatable bonds is 4. The van der Waals surface area contributed by atoms with Crippen LogP contribution in [-0.4, -0.2) is 14.0 Å². The molecule has 17 heavy (non-hydrogen) atoms. The molecule has 5 nitrogen and oxygen atoms in total. The average molecular weight is 257 g/mol. The Morgan fingerprint density at radius 1 is 1.29 bits per heavy atom. The van der Waals surface area contributed by atoms with E-state index in [0.29, 0.717) is 11.3 Å². The number of hydrazine groups is 1. The van der Waals surface area contributed by atoms with Gasteiger partial charge in [0.2, 0.25) is 10.0 Å². The van der Waals surface area contributed by atoms with Crippen molar-refractivity contribution in [1.82, 2.24) is 4.72 Å². The van der Waals surface area contributed by atoms with Crippen molar-refractivity contribution in [2.75, 3.05) is 5.43 Å². The molecule has 0 aromatic heterocycles. The maximum absolute atomic E-state index is 11.9. The van der Waals surface area contributed by atoms with Crippen molar-refractivity contribution in [3.63, 3.8) is 0 Å². The van der Waals surface area contributed by atoms with Gasteiger partial charge in [0.1, 0.15) is 0 Å². The second-order valence-corrected chi connectivity index (χ2v) is 6.68. The molecule has 0 amide bonds. The Morgan fingerprint density at radius 2 is 1.94 bits per heavy atom. The van der Waals surface area contributed by atoms with Crippen LogP contribution in [0.4, 0.5) is 5.69 Å². The molecule has 0 aliphatic heterocycles. The van der Waals surface area contributed by atoms with Gasteiger partial charge in [-0.1, -0.05) is 12.1 Å². The quantitative estimate of drug-likeness (QED) is 0.559. The first kappa shape index (κ1) is 14.0. The van der Waals surface area contributed by atoms with Crippen LogP contribution in [0, 0.1) is 0 Å². The smallest absolute Gasteiger partial charge is 0.216 e. The monoisotopic (exact) mass is 257 g/mol. The van der Waals surface area contributed by atoms with Crippen LogP contribution in [0.2, 0.25) is 0 Å². The van der Waals surface area contributed by atoms with Crippen molar-refractivity contribution in [2.24, 2.45) is 5.84 Å². The Balaban J connectivity index is 2.83. The van der Waals surface area contributed by atoms with Crippen molar-refractivity contribution in [1.29, 1.82) is 0 Å². The minimum absolute atomic E-state index is 0.0558. The molecule has 6 heteroatoms. The van der Waals surface area contributed by atoms with Crippen molar-refractivity contribution in [3.05, 3.63) is 29.8 Å². The minimum atomic E-state index is -3.34. The Labute approximate surface area is 102 Å². The molecule has 0 aliphatic carbocycles. The molecular weight excluding hydrogens is 238 g/mol. The van der Waals surface area contributed by atoms with E-state index in [2.05, 4.69) is 10.1 Å². The number of nitrogen functional groups attached to an aromatic ring is 1. The lowest BCUT2D eigenvalue weighted by atomic mass is 10.1. The summed E-state index contributed by atoms with van der Waals surface area (Å²) in [5.41, 5.74) is 3.40. The lowest BCUT2D eigenvalue weighted by Gasteiger charge is -2.20. The molecule has 0 unspecified atom stereocenters. The molecule has 0 atom stereocenters.